The third-order valence-electron chi connectivity index (χ3n) is 2.07. The van der Waals surface area contributed by atoms with Crippen molar-refractivity contribution in [1.29, 1.82) is 0 Å². The second kappa shape index (κ2) is 3.94. The van der Waals surface area contributed by atoms with Crippen molar-refractivity contribution in [3.05, 3.63) is 0 Å². The van der Waals surface area contributed by atoms with Crippen LogP contribution in [0.2, 0.25) is 0 Å². The van der Waals surface area contributed by atoms with Crippen molar-refractivity contribution >= 4 is 22.8 Å². The molecule has 0 saturated carbocycles. The predicted molar refractivity (Wildman–Crippen MR) is 49.3 cm³/mol. The fourth-order valence-corrected chi connectivity index (χ4v) is 2.10. The lowest BCUT2D eigenvalue weighted by atomic mass is 10.1. The summed E-state index contributed by atoms with van der Waals surface area (Å²) in [4.78, 5) is 24.1. The molecule has 1 aliphatic heterocycles. The lowest BCUT2D eigenvalue weighted by molar-refractivity contribution is -0.122. The van der Waals surface area contributed by atoms with Crippen molar-refractivity contribution in [3.8, 4) is 0 Å². The molecular formula is C8H13NO2S. The molecule has 1 heterocycles. The Labute approximate surface area is 76.5 Å². The zero-order valence-corrected chi connectivity index (χ0v) is 8.19. The maximum atomic E-state index is 11.2. The summed E-state index contributed by atoms with van der Waals surface area (Å²) in [6, 6.07) is -0.225. The molecule has 0 aliphatic carbocycles. The van der Waals surface area contributed by atoms with Crippen LogP contribution in [0.3, 0.4) is 0 Å². The molecule has 1 fully saturated rings. The number of hydrogen-bond donors (Lipinski definition) is 0. The highest BCUT2D eigenvalue weighted by Gasteiger charge is 2.28. The zero-order valence-electron chi connectivity index (χ0n) is 7.37. The molecule has 0 N–H and O–H groups in total. The van der Waals surface area contributed by atoms with E-state index < -0.39 is 0 Å². The number of thioether (sulfide) groups is 1. The van der Waals surface area contributed by atoms with E-state index in [1.54, 1.807) is 11.8 Å². The molecule has 1 saturated heterocycles. The minimum absolute atomic E-state index is 0.0456. The maximum Gasteiger partial charge on any atom is 0.282 e. The number of ketones is 1. The number of amides is 1. The molecule has 0 aromatic heterocycles. The maximum absolute atomic E-state index is 11.2. The highest BCUT2D eigenvalue weighted by atomic mass is 32.2. The second-order valence-corrected chi connectivity index (χ2v) is 3.85. The van der Waals surface area contributed by atoms with Crippen molar-refractivity contribution in [3.63, 3.8) is 0 Å². The molecule has 0 aromatic rings. The van der Waals surface area contributed by atoms with E-state index in [9.17, 15) is 9.59 Å². The third-order valence-corrected chi connectivity index (χ3v) is 2.94. The first-order valence-corrected chi connectivity index (χ1v) is 5.11. The van der Waals surface area contributed by atoms with Crippen molar-refractivity contribution in [1.82, 2.24) is 4.90 Å². The van der Waals surface area contributed by atoms with Gasteiger partial charge in [-0.3, -0.25) is 9.59 Å². The summed E-state index contributed by atoms with van der Waals surface area (Å²) in [7, 11) is 0. The van der Waals surface area contributed by atoms with Gasteiger partial charge in [-0.15, -0.1) is 0 Å². The van der Waals surface area contributed by atoms with Gasteiger partial charge in [-0.2, -0.15) is 0 Å². The van der Waals surface area contributed by atoms with Gasteiger partial charge in [0.05, 0.1) is 6.04 Å². The van der Waals surface area contributed by atoms with Gasteiger partial charge in [-0.1, -0.05) is 18.7 Å². The van der Waals surface area contributed by atoms with Crippen molar-refractivity contribution in [2.24, 2.45) is 0 Å². The Hall–Kier alpha value is -0.510. The number of Topliss-reactive ketones (excluding diaryl/α,β-unsaturated/α-hetero) is 1. The first kappa shape index (κ1) is 9.58. The van der Waals surface area contributed by atoms with Crippen LogP contribution in [-0.2, 0) is 4.79 Å². The SMILES string of the molecule is CCC(=O)C(C)N1CCSC1=O. The number of carbonyl (C=O) groups is 2. The number of hydrogen-bond acceptors (Lipinski definition) is 3. The monoisotopic (exact) mass is 187 g/mol. The lowest BCUT2D eigenvalue weighted by Crippen LogP contribution is -2.38. The molecule has 1 atom stereocenters. The Kier molecular flexibility index (Phi) is 3.14. The smallest absolute Gasteiger partial charge is 0.282 e. The molecule has 1 amide bonds. The van der Waals surface area contributed by atoms with Gasteiger partial charge >= 0.3 is 0 Å². The van der Waals surface area contributed by atoms with Gasteiger partial charge in [0.2, 0.25) is 0 Å². The Morgan fingerprint density at radius 2 is 2.42 bits per heavy atom. The molecule has 1 rings (SSSR count). The molecule has 4 heteroatoms. The normalized spacial score (nSPS) is 19.8. The summed E-state index contributed by atoms with van der Waals surface area (Å²) in [5, 5.41) is 0.0456. The van der Waals surface area contributed by atoms with Gasteiger partial charge in [0.25, 0.3) is 5.24 Å². The van der Waals surface area contributed by atoms with Gasteiger partial charge in [-0.25, -0.2) is 0 Å². The third kappa shape index (κ3) is 1.80. The highest BCUT2D eigenvalue weighted by Crippen LogP contribution is 2.20. The van der Waals surface area contributed by atoms with Crippen molar-refractivity contribution in [2.45, 2.75) is 26.3 Å². The fourth-order valence-electron chi connectivity index (χ4n) is 1.23. The molecule has 1 unspecified atom stereocenters. The Bertz CT molecular complexity index is 205. The molecule has 12 heavy (non-hydrogen) atoms. The summed E-state index contributed by atoms with van der Waals surface area (Å²) >= 11 is 1.30. The fraction of sp³-hybridized carbons (Fsp3) is 0.750. The summed E-state index contributed by atoms with van der Waals surface area (Å²) < 4.78 is 0. The van der Waals surface area contributed by atoms with Crippen LogP contribution in [0.1, 0.15) is 20.3 Å². The summed E-state index contributed by atoms with van der Waals surface area (Å²) in [6.07, 6.45) is 0.510. The molecule has 1 aliphatic rings. The average Bonchev–Trinajstić information content (AvgIpc) is 2.48. The average molecular weight is 187 g/mol. The quantitative estimate of drug-likeness (QED) is 0.672. The van der Waals surface area contributed by atoms with Gasteiger partial charge < -0.3 is 4.90 Å². The van der Waals surface area contributed by atoms with E-state index in [0.717, 1.165) is 12.3 Å². The standard InChI is InChI=1S/C8H13NO2S/c1-3-7(10)6(2)9-4-5-12-8(9)11/h6H,3-5H2,1-2H3. The van der Waals surface area contributed by atoms with E-state index in [1.807, 2.05) is 6.92 Å². The largest absolute Gasteiger partial charge is 0.323 e. The van der Waals surface area contributed by atoms with E-state index in [4.69, 9.17) is 0 Å². The van der Waals surface area contributed by atoms with Crippen LogP contribution < -0.4 is 0 Å². The summed E-state index contributed by atoms with van der Waals surface area (Å²) in [5.41, 5.74) is 0. The van der Waals surface area contributed by atoms with Crippen LogP contribution >= 0.6 is 11.8 Å². The molecule has 0 bridgehead atoms. The summed E-state index contributed by atoms with van der Waals surface area (Å²) in [6.45, 7) is 4.35. The summed E-state index contributed by atoms with van der Waals surface area (Å²) in [5.74, 6) is 0.964. The molecule has 0 radical (unpaired) electrons. The van der Waals surface area contributed by atoms with Crippen LogP contribution in [0.25, 0.3) is 0 Å². The first-order valence-electron chi connectivity index (χ1n) is 4.13. The molecule has 3 nitrogen and oxygen atoms in total. The Morgan fingerprint density at radius 1 is 1.75 bits per heavy atom. The van der Waals surface area contributed by atoms with Crippen LogP contribution in [0.5, 0.6) is 0 Å². The molecule has 0 spiro atoms. The molecular weight excluding hydrogens is 174 g/mol. The number of rotatable bonds is 3. The first-order chi connectivity index (χ1) is 5.66. The second-order valence-electron chi connectivity index (χ2n) is 2.80. The topological polar surface area (TPSA) is 37.4 Å². The van der Waals surface area contributed by atoms with Crippen LogP contribution in [0.4, 0.5) is 4.79 Å². The van der Waals surface area contributed by atoms with Gasteiger partial charge in [0.1, 0.15) is 0 Å². The van der Waals surface area contributed by atoms with Crippen molar-refractivity contribution in [2.75, 3.05) is 12.3 Å². The van der Waals surface area contributed by atoms with E-state index in [-0.39, 0.29) is 17.1 Å². The number of carbonyl (C=O) groups excluding carboxylic acids is 2. The van der Waals surface area contributed by atoms with Gasteiger partial charge in [-0.05, 0) is 6.92 Å². The van der Waals surface area contributed by atoms with Crippen LogP contribution in [0, 0.1) is 0 Å². The van der Waals surface area contributed by atoms with E-state index in [0.29, 0.717) is 6.42 Å². The molecule has 0 aromatic carbocycles. The van der Waals surface area contributed by atoms with E-state index >= 15 is 0 Å². The number of nitrogens with zero attached hydrogens (tertiary/aromatic N) is 1. The van der Waals surface area contributed by atoms with E-state index in [2.05, 4.69) is 0 Å². The minimum atomic E-state index is -0.225. The minimum Gasteiger partial charge on any atom is -0.323 e. The Balaban J connectivity index is 2.57. The highest BCUT2D eigenvalue weighted by molar-refractivity contribution is 8.13. The zero-order chi connectivity index (χ0) is 9.14. The Morgan fingerprint density at radius 3 is 2.83 bits per heavy atom. The lowest BCUT2D eigenvalue weighted by Gasteiger charge is -2.21. The van der Waals surface area contributed by atoms with Gasteiger partial charge in [0.15, 0.2) is 5.78 Å². The van der Waals surface area contributed by atoms with E-state index in [1.165, 1.54) is 11.8 Å². The molecule has 68 valence electrons. The van der Waals surface area contributed by atoms with Crippen LogP contribution in [-0.4, -0.2) is 34.3 Å². The predicted octanol–water partition coefficient (Wildman–Crippen LogP) is 1.52. The van der Waals surface area contributed by atoms with Crippen LogP contribution in [0.15, 0.2) is 0 Å². The van der Waals surface area contributed by atoms with Crippen molar-refractivity contribution < 1.29 is 9.59 Å². The van der Waals surface area contributed by atoms with Gasteiger partial charge in [0, 0.05) is 18.7 Å².